The highest BCUT2D eigenvalue weighted by molar-refractivity contribution is 7.98. The second-order valence-corrected chi connectivity index (χ2v) is 8.31. The van der Waals surface area contributed by atoms with Gasteiger partial charge in [-0.2, -0.15) is 13.2 Å². The summed E-state index contributed by atoms with van der Waals surface area (Å²) in [5.41, 5.74) is 6.31. The number of thiophene rings is 1. The predicted molar refractivity (Wildman–Crippen MR) is 115 cm³/mol. The lowest BCUT2D eigenvalue weighted by atomic mass is 10.1. The first-order chi connectivity index (χ1) is 14.8. The van der Waals surface area contributed by atoms with Crippen molar-refractivity contribution < 1.29 is 22.7 Å². The second kappa shape index (κ2) is 8.27. The molecule has 0 atom stereocenters. The second-order valence-electron chi connectivity index (χ2n) is 6.51. The maximum atomic E-state index is 13.3. The third kappa shape index (κ3) is 4.13. The predicted octanol–water partition coefficient (Wildman–Crippen LogP) is 5.51. The number of fused-ring (bicyclic) bond motifs is 1. The molecule has 1 amide bonds. The summed E-state index contributed by atoms with van der Waals surface area (Å²) in [7, 11) is 0. The number of primary amides is 1. The molecule has 160 valence electrons. The Morgan fingerprint density at radius 3 is 2.61 bits per heavy atom. The summed E-state index contributed by atoms with van der Waals surface area (Å²) in [5.74, 6) is -0.584. The van der Waals surface area contributed by atoms with Crippen molar-refractivity contribution in [3.05, 3.63) is 70.6 Å². The van der Waals surface area contributed by atoms with Crippen molar-refractivity contribution in [2.45, 2.75) is 17.9 Å². The van der Waals surface area contributed by atoms with E-state index in [2.05, 4.69) is 4.98 Å². The fraction of sp³-hybridized carbons (Fsp3) is 0.143. The Balaban J connectivity index is 1.73. The summed E-state index contributed by atoms with van der Waals surface area (Å²) in [4.78, 5) is 16.7. The molecule has 2 heterocycles. The Hall–Kier alpha value is -2.98. The molecule has 0 bridgehead atoms. The molecule has 0 unspecified atom stereocenters. The van der Waals surface area contributed by atoms with Crippen molar-refractivity contribution in [2.75, 3.05) is 6.26 Å². The van der Waals surface area contributed by atoms with Gasteiger partial charge in [0, 0.05) is 11.6 Å². The Bertz CT molecular complexity index is 1260. The maximum absolute atomic E-state index is 13.3. The normalized spacial score (nSPS) is 11.7. The van der Waals surface area contributed by atoms with E-state index < -0.39 is 17.6 Å². The molecule has 31 heavy (non-hydrogen) atoms. The molecule has 4 aromatic rings. The lowest BCUT2D eigenvalue weighted by Gasteiger charge is -2.13. The average Bonchev–Trinajstić information content (AvgIpc) is 3.32. The van der Waals surface area contributed by atoms with Crippen LogP contribution in [0.5, 0.6) is 5.75 Å². The number of nitrogens with two attached hydrogens (primary N) is 1. The van der Waals surface area contributed by atoms with Crippen LogP contribution in [0, 0.1) is 0 Å². The highest BCUT2D eigenvalue weighted by Crippen LogP contribution is 2.37. The van der Waals surface area contributed by atoms with Crippen LogP contribution in [0.15, 0.2) is 59.8 Å². The molecule has 0 aliphatic carbocycles. The number of alkyl halides is 3. The molecule has 0 saturated carbocycles. The molecule has 0 aliphatic heterocycles. The van der Waals surface area contributed by atoms with E-state index in [1.807, 2.05) is 35.1 Å². The zero-order chi connectivity index (χ0) is 22.2. The molecule has 0 spiro atoms. The van der Waals surface area contributed by atoms with Crippen LogP contribution < -0.4 is 10.5 Å². The number of rotatable bonds is 6. The number of carbonyl (C=O) groups excluding carboxylic acids is 1. The summed E-state index contributed by atoms with van der Waals surface area (Å²) in [5, 5.41) is 1.33. The number of ether oxygens (including phenoxy) is 1. The van der Waals surface area contributed by atoms with Crippen LogP contribution in [0.3, 0.4) is 0 Å². The van der Waals surface area contributed by atoms with Crippen LogP contribution in [0.25, 0.3) is 16.0 Å². The number of aromatic nitrogens is 2. The number of nitrogens with zero attached hydrogens (tertiary/aromatic N) is 2. The molecule has 5 nitrogen and oxygen atoms in total. The monoisotopic (exact) mass is 463 g/mol. The van der Waals surface area contributed by atoms with Gasteiger partial charge in [-0.1, -0.05) is 42.1 Å². The number of carbonyl (C=O) groups is 1. The van der Waals surface area contributed by atoms with E-state index >= 15 is 0 Å². The van der Waals surface area contributed by atoms with Gasteiger partial charge in [0.15, 0.2) is 5.16 Å². The van der Waals surface area contributed by atoms with Crippen LogP contribution in [0.1, 0.15) is 20.8 Å². The third-order valence-electron chi connectivity index (χ3n) is 4.55. The van der Waals surface area contributed by atoms with Crippen LogP contribution in [0.2, 0.25) is 0 Å². The molecule has 2 aromatic heterocycles. The van der Waals surface area contributed by atoms with E-state index in [0.29, 0.717) is 10.2 Å². The van der Waals surface area contributed by atoms with E-state index in [1.54, 1.807) is 6.07 Å². The number of hydrogen-bond acceptors (Lipinski definition) is 5. The van der Waals surface area contributed by atoms with Crippen molar-refractivity contribution in [1.29, 1.82) is 0 Å². The number of amides is 1. The largest absolute Gasteiger partial charge is 0.487 e. The Kier molecular flexibility index (Phi) is 5.67. The van der Waals surface area contributed by atoms with Crippen molar-refractivity contribution in [2.24, 2.45) is 5.73 Å². The number of imidazole rings is 1. The van der Waals surface area contributed by atoms with Gasteiger partial charge >= 0.3 is 6.18 Å². The first kappa shape index (κ1) is 21.3. The van der Waals surface area contributed by atoms with Gasteiger partial charge in [-0.05, 0) is 24.5 Å². The van der Waals surface area contributed by atoms with Gasteiger partial charge in [0.25, 0.3) is 5.91 Å². The topological polar surface area (TPSA) is 70.1 Å². The minimum Gasteiger partial charge on any atom is -0.487 e. The molecule has 10 heteroatoms. The fourth-order valence-electron chi connectivity index (χ4n) is 3.18. The molecule has 2 aromatic carbocycles. The van der Waals surface area contributed by atoms with E-state index in [4.69, 9.17) is 10.5 Å². The molecule has 4 rings (SSSR count). The summed E-state index contributed by atoms with van der Waals surface area (Å²) >= 11 is 2.53. The van der Waals surface area contributed by atoms with Crippen LogP contribution in [0.4, 0.5) is 13.2 Å². The molecule has 0 aliphatic rings. The Morgan fingerprint density at radius 1 is 1.19 bits per heavy atom. The summed E-state index contributed by atoms with van der Waals surface area (Å²) in [6, 6.07) is 14.3. The van der Waals surface area contributed by atoms with E-state index in [1.165, 1.54) is 30.0 Å². The van der Waals surface area contributed by atoms with Gasteiger partial charge in [-0.15, -0.1) is 11.3 Å². The number of benzene rings is 2. The van der Waals surface area contributed by atoms with Crippen molar-refractivity contribution >= 4 is 40.0 Å². The minimum absolute atomic E-state index is 0.0314. The lowest BCUT2D eigenvalue weighted by molar-refractivity contribution is -0.138. The molecule has 2 N–H and O–H groups in total. The highest BCUT2D eigenvalue weighted by Gasteiger charge is 2.33. The van der Waals surface area contributed by atoms with Gasteiger partial charge in [-0.3, -0.25) is 9.36 Å². The number of thioether (sulfide) groups is 1. The van der Waals surface area contributed by atoms with Gasteiger partial charge in [0.2, 0.25) is 0 Å². The minimum atomic E-state index is -4.50. The van der Waals surface area contributed by atoms with Crippen molar-refractivity contribution in [1.82, 2.24) is 9.55 Å². The van der Waals surface area contributed by atoms with Crippen LogP contribution >= 0.6 is 23.1 Å². The van der Waals surface area contributed by atoms with Gasteiger partial charge < -0.3 is 10.5 Å². The van der Waals surface area contributed by atoms with Crippen molar-refractivity contribution in [3.63, 3.8) is 0 Å². The molecule has 0 fully saturated rings. The Labute approximate surface area is 183 Å². The lowest BCUT2D eigenvalue weighted by Crippen LogP contribution is -2.13. The molecular formula is C21H16F3N3O2S2. The first-order valence-corrected chi connectivity index (χ1v) is 11.1. The molecule has 0 saturated heterocycles. The van der Waals surface area contributed by atoms with Gasteiger partial charge in [-0.25, -0.2) is 4.98 Å². The standard InChI is InChI=1S/C21H16F3N3O2S2/c1-30-20-26-14-8-4-5-9-15(14)27(20)17-10-16(18(31-17)19(25)28)29-11-12-6-2-3-7-13(12)21(22,23)24/h2-10H,11H2,1H3,(H2,25,28). The van der Waals surface area contributed by atoms with Crippen LogP contribution in [-0.4, -0.2) is 21.7 Å². The van der Waals surface area contributed by atoms with E-state index in [9.17, 15) is 18.0 Å². The zero-order valence-corrected chi connectivity index (χ0v) is 17.8. The summed E-state index contributed by atoms with van der Waals surface area (Å²) in [6.45, 7) is -0.355. The van der Waals surface area contributed by atoms with Gasteiger partial charge in [0.05, 0.1) is 16.6 Å². The fourth-order valence-corrected chi connectivity index (χ4v) is 4.78. The average molecular weight is 464 g/mol. The van der Waals surface area contributed by atoms with Crippen molar-refractivity contribution in [3.8, 4) is 10.8 Å². The summed E-state index contributed by atoms with van der Waals surface area (Å²) in [6.07, 6.45) is -2.62. The molecular weight excluding hydrogens is 447 g/mol. The summed E-state index contributed by atoms with van der Waals surface area (Å²) < 4.78 is 47.3. The van der Waals surface area contributed by atoms with Crippen LogP contribution in [-0.2, 0) is 12.8 Å². The first-order valence-electron chi connectivity index (χ1n) is 9.03. The van der Waals surface area contributed by atoms with E-state index in [-0.39, 0.29) is 22.8 Å². The number of halogens is 3. The maximum Gasteiger partial charge on any atom is 0.416 e. The third-order valence-corrected chi connectivity index (χ3v) is 6.30. The number of hydrogen-bond donors (Lipinski definition) is 1. The molecule has 0 radical (unpaired) electrons. The smallest absolute Gasteiger partial charge is 0.416 e. The number of para-hydroxylation sites is 2. The van der Waals surface area contributed by atoms with Gasteiger partial charge in [0.1, 0.15) is 22.2 Å². The SMILES string of the molecule is CSc1nc2ccccc2n1-c1cc(OCc2ccccc2C(F)(F)F)c(C(N)=O)s1. The highest BCUT2D eigenvalue weighted by atomic mass is 32.2. The quantitative estimate of drug-likeness (QED) is 0.383. The van der Waals surface area contributed by atoms with E-state index in [0.717, 1.165) is 28.4 Å². The Morgan fingerprint density at radius 2 is 1.90 bits per heavy atom. The zero-order valence-electron chi connectivity index (χ0n) is 16.1.